The quantitative estimate of drug-likeness (QED) is 0.760. The van der Waals surface area contributed by atoms with E-state index in [1.807, 2.05) is 24.9 Å². The lowest BCUT2D eigenvalue weighted by atomic mass is 10.1. The zero-order valence-electron chi connectivity index (χ0n) is 13.0. The van der Waals surface area contributed by atoms with Gasteiger partial charge in [0, 0.05) is 31.6 Å². The highest BCUT2D eigenvalue weighted by molar-refractivity contribution is 5.77. The number of alkyl halides is 1. The Bertz CT molecular complexity index is 536. The maximum Gasteiger partial charge on any atom is 0.323 e. The van der Waals surface area contributed by atoms with Crippen LogP contribution >= 0.6 is 0 Å². The van der Waals surface area contributed by atoms with Crippen LogP contribution in [0, 0.1) is 6.92 Å². The number of aromatic nitrogens is 1. The standard InChI is InChI=1S/C15H22FN3O3/c1-10-5-13(22-17-10)9-19-7-11(16)6-12(19)8-18(2)14-3-4-21-15(14)20/h5,11-12,14H,3-4,6-9H2,1-2H3/t11-,12-,14-/m0/s1. The smallest absolute Gasteiger partial charge is 0.323 e. The van der Waals surface area contributed by atoms with Crippen LogP contribution in [0.15, 0.2) is 10.6 Å². The molecule has 2 aliphatic heterocycles. The van der Waals surface area contributed by atoms with Crippen LogP contribution in [0.3, 0.4) is 0 Å². The number of nitrogens with zero attached hydrogens (tertiary/aromatic N) is 3. The minimum absolute atomic E-state index is 0.0683. The predicted octanol–water partition coefficient (Wildman–Crippen LogP) is 1.14. The van der Waals surface area contributed by atoms with Crippen LogP contribution < -0.4 is 0 Å². The average Bonchev–Trinajstić information content (AvgIpc) is 3.13. The van der Waals surface area contributed by atoms with Crippen molar-refractivity contribution < 1.29 is 18.4 Å². The van der Waals surface area contributed by atoms with Crippen LogP contribution in [0.4, 0.5) is 4.39 Å². The topological polar surface area (TPSA) is 58.8 Å². The zero-order chi connectivity index (χ0) is 15.7. The molecule has 7 heteroatoms. The van der Waals surface area contributed by atoms with Gasteiger partial charge in [0.1, 0.15) is 12.2 Å². The van der Waals surface area contributed by atoms with Gasteiger partial charge in [-0.2, -0.15) is 0 Å². The molecule has 2 saturated heterocycles. The van der Waals surface area contributed by atoms with E-state index < -0.39 is 6.17 Å². The van der Waals surface area contributed by atoms with E-state index in [0.29, 0.717) is 39.1 Å². The summed E-state index contributed by atoms with van der Waals surface area (Å²) in [6.07, 6.45) is 0.361. The van der Waals surface area contributed by atoms with Gasteiger partial charge in [0.05, 0.1) is 18.8 Å². The molecule has 0 aromatic carbocycles. The molecule has 2 aliphatic rings. The van der Waals surface area contributed by atoms with Gasteiger partial charge < -0.3 is 9.26 Å². The minimum Gasteiger partial charge on any atom is -0.464 e. The molecule has 6 nitrogen and oxygen atoms in total. The number of hydrogen-bond donors (Lipinski definition) is 0. The molecule has 122 valence electrons. The van der Waals surface area contributed by atoms with Crippen LogP contribution in [0.5, 0.6) is 0 Å². The van der Waals surface area contributed by atoms with E-state index in [4.69, 9.17) is 9.26 Å². The monoisotopic (exact) mass is 311 g/mol. The second kappa shape index (κ2) is 6.34. The van der Waals surface area contributed by atoms with Crippen LogP contribution in [0.25, 0.3) is 0 Å². The Labute approximate surface area is 129 Å². The fraction of sp³-hybridized carbons (Fsp3) is 0.733. The SMILES string of the molecule is Cc1cc(CN2C[C@@H](F)C[C@H]2CN(C)[C@H]2CCOC2=O)on1. The molecule has 3 rings (SSSR count). The van der Waals surface area contributed by atoms with Crippen molar-refractivity contribution in [3.8, 4) is 0 Å². The highest BCUT2D eigenvalue weighted by Crippen LogP contribution is 2.25. The third-order valence-electron chi connectivity index (χ3n) is 4.45. The molecular formula is C15H22FN3O3. The molecule has 0 N–H and O–H groups in total. The van der Waals surface area contributed by atoms with Crippen molar-refractivity contribution in [2.75, 3.05) is 26.7 Å². The Morgan fingerprint density at radius 1 is 1.55 bits per heavy atom. The highest BCUT2D eigenvalue weighted by atomic mass is 19.1. The second-order valence-electron chi connectivity index (χ2n) is 6.26. The number of cyclic esters (lactones) is 1. The van der Waals surface area contributed by atoms with E-state index in [9.17, 15) is 9.18 Å². The molecule has 0 radical (unpaired) electrons. The lowest BCUT2D eigenvalue weighted by molar-refractivity contribution is -0.142. The van der Waals surface area contributed by atoms with Gasteiger partial charge in [0.2, 0.25) is 0 Å². The van der Waals surface area contributed by atoms with Crippen molar-refractivity contribution in [3.05, 3.63) is 17.5 Å². The second-order valence-corrected chi connectivity index (χ2v) is 6.26. The Kier molecular flexibility index (Phi) is 4.44. The molecule has 0 bridgehead atoms. The largest absolute Gasteiger partial charge is 0.464 e. The summed E-state index contributed by atoms with van der Waals surface area (Å²) in [7, 11) is 1.90. The number of rotatable bonds is 5. The summed E-state index contributed by atoms with van der Waals surface area (Å²) in [5, 5.41) is 3.87. The summed E-state index contributed by atoms with van der Waals surface area (Å²) in [4.78, 5) is 15.7. The summed E-state index contributed by atoms with van der Waals surface area (Å²) in [6, 6.07) is 1.74. The Hall–Kier alpha value is -1.47. The van der Waals surface area contributed by atoms with Gasteiger partial charge >= 0.3 is 5.97 Å². The van der Waals surface area contributed by atoms with E-state index in [1.54, 1.807) is 0 Å². The van der Waals surface area contributed by atoms with Crippen molar-refractivity contribution in [3.63, 3.8) is 0 Å². The van der Waals surface area contributed by atoms with Crippen molar-refractivity contribution >= 4 is 5.97 Å². The fourth-order valence-electron chi connectivity index (χ4n) is 3.34. The van der Waals surface area contributed by atoms with Crippen molar-refractivity contribution in [1.29, 1.82) is 0 Å². The van der Waals surface area contributed by atoms with Crippen LogP contribution in [0.1, 0.15) is 24.3 Å². The normalized spacial score (nSPS) is 29.5. The maximum atomic E-state index is 13.8. The van der Waals surface area contributed by atoms with Gasteiger partial charge in [-0.25, -0.2) is 4.39 Å². The molecule has 0 spiro atoms. The Morgan fingerprint density at radius 2 is 2.36 bits per heavy atom. The van der Waals surface area contributed by atoms with E-state index >= 15 is 0 Å². The molecule has 2 fully saturated rings. The first-order valence-electron chi connectivity index (χ1n) is 7.70. The summed E-state index contributed by atoms with van der Waals surface area (Å²) >= 11 is 0. The van der Waals surface area contributed by atoms with E-state index in [-0.39, 0.29) is 18.1 Å². The molecule has 3 atom stereocenters. The van der Waals surface area contributed by atoms with E-state index in [0.717, 1.165) is 11.5 Å². The molecule has 3 heterocycles. The van der Waals surface area contributed by atoms with Crippen LogP contribution in [0.2, 0.25) is 0 Å². The molecule has 0 saturated carbocycles. The van der Waals surface area contributed by atoms with Crippen molar-refractivity contribution in [2.45, 2.75) is 44.6 Å². The number of aryl methyl sites for hydroxylation is 1. The van der Waals surface area contributed by atoms with Crippen molar-refractivity contribution in [1.82, 2.24) is 15.0 Å². The third-order valence-corrected chi connectivity index (χ3v) is 4.45. The minimum atomic E-state index is -0.835. The summed E-state index contributed by atoms with van der Waals surface area (Å²) < 4.78 is 24.1. The van der Waals surface area contributed by atoms with Crippen LogP contribution in [-0.2, 0) is 16.1 Å². The van der Waals surface area contributed by atoms with Gasteiger partial charge in [-0.05, 0) is 20.4 Å². The number of esters is 1. The number of likely N-dealkylation sites (N-methyl/N-ethyl adjacent to an activating group) is 1. The fourth-order valence-corrected chi connectivity index (χ4v) is 3.34. The number of carbonyl (C=O) groups excluding carboxylic acids is 1. The van der Waals surface area contributed by atoms with Crippen LogP contribution in [-0.4, -0.2) is 65.9 Å². The first-order chi connectivity index (χ1) is 10.5. The molecule has 0 aliphatic carbocycles. The third kappa shape index (κ3) is 3.30. The number of likely N-dealkylation sites (tertiary alicyclic amines) is 1. The molecule has 22 heavy (non-hydrogen) atoms. The molecule has 0 unspecified atom stereocenters. The molecular weight excluding hydrogens is 289 g/mol. The van der Waals surface area contributed by atoms with Gasteiger partial charge in [-0.3, -0.25) is 14.6 Å². The van der Waals surface area contributed by atoms with Gasteiger partial charge in [-0.15, -0.1) is 0 Å². The molecule has 0 amide bonds. The molecule has 1 aromatic heterocycles. The summed E-state index contributed by atoms with van der Waals surface area (Å²) in [5.41, 5.74) is 0.827. The number of hydrogen-bond acceptors (Lipinski definition) is 6. The lowest BCUT2D eigenvalue weighted by Gasteiger charge is -2.29. The first kappa shape index (κ1) is 15.4. The zero-order valence-corrected chi connectivity index (χ0v) is 13.0. The Morgan fingerprint density at radius 3 is 3.00 bits per heavy atom. The van der Waals surface area contributed by atoms with E-state index in [1.165, 1.54) is 0 Å². The van der Waals surface area contributed by atoms with Gasteiger partial charge in [-0.1, -0.05) is 5.16 Å². The number of ether oxygens (including phenoxy) is 1. The molecule has 1 aromatic rings. The first-order valence-corrected chi connectivity index (χ1v) is 7.70. The summed E-state index contributed by atoms with van der Waals surface area (Å²) in [5.74, 6) is 0.578. The Balaban J connectivity index is 1.61. The van der Waals surface area contributed by atoms with Gasteiger partial charge in [0.25, 0.3) is 0 Å². The maximum absolute atomic E-state index is 13.8. The predicted molar refractivity (Wildman–Crippen MR) is 76.9 cm³/mol. The summed E-state index contributed by atoms with van der Waals surface area (Å²) in [6.45, 7) is 3.94. The number of halogens is 1. The van der Waals surface area contributed by atoms with E-state index in [2.05, 4.69) is 10.1 Å². The van der Waals surface area contributed by atoms with Gasteiger partial charge in [0.15, 0.2) is 5.76 Å². The number of carbonyl (C=O) groups is 1. The average molecular weight is 311 g/mol. The highest BCUT2D eigenvalue weighted by Gasteiger charge is 2.37. The van der Waals surface area contributed by atoms with Crippen molar-refractivity contribution in [2.24, 2.45) is 0 Å². The lowest BCUT2D eigenvalue weighted by Crippen LogP contribution is -2.44.